The van der Waals surface area contributed by atoms with Gasteiger partial charge in [-0.1, -0.05) is 71.9 Å². The molecule has 1 amide bonds. The molecule has 3 fully saturated rings. The number of hydrogen-bond donors (Lipinski definition) is 2. The molecule has 2 N–H and O–H groups in total. The zero-order valence-electron chi connectivity index (χ0n) is 29.7. The van der Waals surface area contributed by atoms with Crippen LogP contribution in [0.5, 0.6) is 0 Å². The lowest BCUT2D eigenvalue weighted by atomic mass is 9.87. The molecule has 1 aromatic heterocycles. The maximum Gasteiger partial charge on any atom is 0.330 e. The van der Waals surface area contributed by atoms with Gasteiger partial charge in [-0.05, 0) is 54.7 Å². The first kappa shape index (κ1) is 35.9. The van der Waals surface area contributed by atoms with E-state index in [-0.39, 0.29) is 22.0 Å². The van der Waals surface area contributed by atoms with Gasteiger partial charge in [-0.3, -0.25) is 24.0 Å². The Labute approximate surface area is 280 Å². The van der Waals surface area contributed by atoms with Crippen LogP contribution < -0.4 is 16.6 Å². The molecule has 7 atom stereocenters. The van der Waals surface area contributed by atoms with E-state index in [1.165, 1.54) is 16.8 Å². The second-order valence-corrected chi connectivity index (χ2v) is 25.9. The van der Waals surface area contributed by atoms with Gasteiger partial charge in [0.1, 0.15) is 24.4 Å². The maximum atomic E-state index is 13.9. The fourth-order valence-electron chi connectivity index (χ4n) is 6.24. The van der Waals surface area contributed by atoms with Crippen molar-refractivity contribution in [1.82, 2.24) is 19.9 Å². The quantitative estimate of drug-likeness (QED) is 0.375. The average Bonchev–Trinajstić information content (AvgIpc) is 3.39. The SMILES string of the molecule is CC(C)(C)[Si](C)(C)O[C@@H]1[C@@H]([C@@H]2ON(Cc3ccccc3)[C@H]3CCCNC(=O)[C@@H]23)O[C@@H](n2ccc(=O)[nH]c2=O)[C@@H]1O[Si](C)(C)C(C)(C)C. The van der Waals surface area contributed by atoms with E-state index in [0.29, 0.717) is 13.1 Å². The van der Waals surface area contributed by atoms with Crippen molar-refractivity contribution < 1.29 is 23.2 Å². The van der Waals surface area contributed by atoms with Gasteiger partial charge in [0.25, 0.3) is 5.56 Å². The Kier molecular flexibility index (Phi) is 10.0. The maximum absolute atomic E-state index is 13.9. The highest BCUT2D eigenvalue weighted by Gasteiger charge is 2.61. The molecular formula is C34H54N4O7Si2. The molecule has 0 spiro atoms. The van der Waals surface area contributed by atoms with E-state index in [2.05, 4.69) is 90.2 Å². The van der Waals surface area contributed by atoms with Gasteiger partial charge in [-0.2, -0.15) is 5.06 Å². The van der Waals surface area contributed by atoms with Crippen LogP contribution in [0.4, 0.5) is 0 Å². The minimum atomic E-state index is -2.49. The standard InChI is InChI=1S/C34H54N4O7Si2/c1-33(2,3)46(7,8)44-28-27(26-25-23(17-14-19-35-30(25)40)38(43-26)21-22-15-12-11-13-16-22)42-31(37-20-18-24(39)36-32(37)41)29(28)45-47(9,10)34(4,5)6/h11-13,15-16,18,20,23,25-29,31H,14,17,19,21H2,1-10H3,(H,35,40)(H,36,39,41)/t23-,25+,26+,27+,28+,29+,31+/m0/s1. The summed E-state index contributed by atoms with van der Waals surface area (Å²) in [7, 11) is -4.97. The second-order valence-electron chi connectivity index (χ2n) is 16.4. The third-order valence-electron chi connectivity index (χ3n) is 11.0. The van der Waals surface area contributed by atoms with E-state index in [9.17, 15) is 14.4 Å². The molecule has 0 unspecified atom stereocenters. The zero-order chi connectivity index (χ0) is 34.5. The van der Waals surface area contributed by atoms with Crippen molar-refractivity contribution in [1.29, 1.82) is 0 Å². The number of fused-ring (bicyclic) bond motifs is 1. The number of hydroxylamine groups is 2. The Balaban J connectivity index is 1.64. The molecule has 3 saturated heterocycles. The highest BCUT2D eigenvalue weighted by atomic mass is 28.4. The lowest BCUT2D eigenvalue weighted by Gasteiger charge is -2.44. The van der Waals surface area contributed by atoms with Crippen molar-refractivity contribution in [3.05, 3.63) is 69.0 Å². The number of ether oxygens (including phenoxy) is 1. The minimum absolute atomic E-state index is 0.0748. The van der Waals surface area contributed by atoms with E-state index >= 15 is 0 Å². The van der Waals surface area contributed by atoms with E-state index in [4.69, 9.17) is 18.4 Å². The molecule has 0 aliphatic carbocycles. The van der Waals surface area contributed by atoms with Crippen LogP contribution in [0.25, 0.3) is 0 Å². The molecule has 0 radical (unpaired) electrons. The number of nitrogens with one attached hydrogen (secondary N) is 2. The van der Waals surface area contributed by atoms with Crippen LogP contribution in [0, 0.1) is 5.92 Å². The number of hydrogen-bond acceptors (Lipinski definition) is 8. The summed E-state index contributed by atoms with van der Waals surface area (Å²) < 4.78 is 22.8. The topological polar surface area (TPSA) is 124 Å². The van der Waals surface area contributed by atoms with Gasteiger partial charge < -0.3 is 18.9 Å². The summed E-state index contributed by atoms with van der Waals surface area (Å²) in [5, 5.41) is 4.76. The molecule has 2 aromatic rings. The smallest absolute Gasteiger partial charge is 0.330 e. The largest absolute Gasteiger partial charge is 0.408 e. The van der Waals surface area contributed by atoms with Crippen molar-refractivity contribution in [3.63, 3.8) is 0 Å². The summed E-state index contributed by atoms with van der Waals surface area (Å²) in [5.74, 6) is -0.606. The monoisotopic (exact) mass is 686 g/mol. The van der Waals surface area contributed by atoms with Crippen molar-refractivity contribution in [2.45, 2.75) is 134 Å². The van der Waals surface area contributed by atoms with E-state index in [0.717, 1.165) is 18.4 Å². The Hall–Kier alpha value is -2.40. The fraction of sp³-hybridized carbons (Fsp3) is 0.676. The van der Waals surface area contributed by atoms with E-state index < -0.39 is 64.4 Å². The molecule has 3 aliphatic rings. The molecule has 0 saturated carbocycles. The molecule has 0 bridgehead atoms. The number of rotatable bonds is 8. The summed E-state index contributed by atoms with van der Waals surface area (Å²) in [5.41, 5.74) is -0.0126. The first-order valence-electron chi connectivity index (χ1n) is 16.9. The molecule has 260 valence electrons. The molecular weight excluding hydrogens is 633 g/mol. The summed E-state index contributed by atoms with van der Waals surface area (Å²) in [6.45, 7) is 22.9. The number of aromatic nitrogens is 2. The number of aromatic amines is 1. The first-order valence-corrected chi connectivity index (χ1v) is 22.7. The molecule has 4 heterocycles. The van der Waals surface area contributed by atoms with E-state index in [1.54, 1.807) is 0 Å². The Morgan fingerprint density at radius 1 is 0.872 bits per heavy atom. The molecule has 5 rings (SSSR count). The summed E-state index contributed by atoms with van der Waals surface area (Å²) in [6, 6.07) is 11.2. The van der Waals surface area contributed by atoms with Crippen LogP contribution in [-0.4, -0.2) is 74.2 Å². The number of H-pyrrole nitrogens is 1. The number of carbonyl (C=O) groups excluding carboxylic acids is 1. The minimum Gasteiger partial charge on any atom is -0.408 e. The van der Waals surface area contributed by atoms with Crippen molar-refractivity contribution in [2.24, 2.45) is 5.92 Å². The number of amides is 1. The third kappa shape index (κ3) is 7.31. The predicted octanol–water partition coefficient (Wildman–Crippen LogP) is 4.93. The average molecular weight is 687 g/mol. The zero-order valence-corrected chi connectivity index (χ0v) is 31.7. The Morgan fingerprint density at radius 3 is 2.09 bits per heavy atom. The van der Waals surface area contributed by atoms with Crippen molar-refractivity contribution in [2.75, 3.05) is 6.54 Å². The lowest BCUT2D eigenvalue weighted by molar-refractivity contribution is -0.208. The van der Waals surface area contributed by atoms with Crippen LogP contribution in [0.15, 0.2) is 52.2 Å². The summed E-state index contributed by atoms with van der Waals surface area (Å²) >= 11 is 0. The molecule has 47 heavy (non-hydrogen) atoms. The molecule has 13 heteroatoms. The highest BCUT2D eigenvalue weighted by Crippen LogP contribution is 2.48. The first-order chi connectivity index (χ1) is 21.8. The van der Waals surface area contributed by atoms with Crippen LogP contribution >= 0.6 is 0 Å². The van der Waals surface area contributed by atoms with Crippen LogP contribution in [0.3, 0.4) is 0 Å². The number of benzene rings is 1. The van der Waals surface area contributed by atoms with Gasteiger partial charge >= 0.3 is 5.69 Å². The van der Waals surface area contributed by atoms with Gasteiger partial charge in [0.05, 0.1) is 12.0 Å². The van der Waals surface area contributed by atoms with Crippen LogP contribution in [0.2, 0.25) is 36.3 Å². The number of nitrogens with zero attached hydrogens (tertiary/aromatic N) is 2. The van der Waals surface area contributed by atoms with E-state index in [1.807, 2.05) is 23.3 Å². The van der Waals surface area contributed by atoms with Crippen molar-refractivity contribution >= 4 is 22.5 Å². The normalized spacial score (nSPS) is 29.4. The summed E-state index contributed by atoms with van der Waals surface area (Å²) in [4.78, 5) is 48.6. The third-order valence-corrected chi connectivity index (χ3v) is 20.0. The van der Waals surface area contributed by atoms with Gasteiger partial charge in [-0.25, -0.2) is 4.79 Å². The summed E-state index contributed by atoms with van der Waals surface area (Å²) in [6.07, 6.45) is -0.684. The molecule has 3 aliphatic heterocycles. The van der Waals surface area contributed by atoms with Crippen molar-refractivity contribution in [3.8, 4) is 0 Å². The number of carbonyl (C=O) groups is 1. The Morgan fingerprint density at radius 2 is 1.49 bits per heavy atom. The van der Waals surface area contributed by atoms with Crippen LogP contribution in [-0.2, 0) is 29.8 Å². The Bertz CT molecular complexity index is 1530. The van der Waals surface area contributed by atoms with Gasteiger partial charge in [-0.15, -0.1) is 0 Å². The second kappa shape index (κ2) is 13.1. The lowest BCUT2D eigenvalue weighted by Crippen LogP contribution is -2.56. The van der Waals surface area contributed by atoms with Gasteiger partial charge in [0.2, 0.25) is 5.91 Å². The van der Waals surface area contributed by atoms with Gasteiger partial charge in [0.15, 0.2) is 22.9 Å². The predicted molar refractivity (Wildman–Crippen MR) is 186 cm³/mol. The van der Waals surface area contributed by atoms with Gasteiger partial charge in [0, 0.05) is 25.4 Å². The van der Waals surface area contributed by atoms with Crippen LogP contribution in [0.1, 0.15) is 66.2 Å². The molecule has 1 aromatic carbocycles. The fourth-order valence-corrected chi connectivity index (χ4v) is 8.83. The highest BCUT2D eigenvalue weighted by molar-refractivity contribution is 6.74. The molecule has 11 nitrogen and oxygen atoms in total.